The minimum Gasteiger partial charge on any atom is -0.388 e. The molecule has 0 unspecified atom stereocenters. The Bertz CT molecular complexity index is 814. The SMILES string of the molecule is CC(C)(C)c1cc(C(=O)N2CCC3(CC2)CO[C@]2(C)CC[C@@H](C(C)(C)O)O[C@H]2C3)n[nH]1. The number of hydrogen-bond donors (Lipinski definition) is 2. The second kappa shape index (κ2) is 7.56. The summed E-state index contributed by atoms with van der Waals surface area (Å²) in [5.74, 6) is -0.000762. The maximum Gasteiger partial charge on any atom is 0.274 e. The Morgan fingerprint density at radius 1 is 1.23 bits per heavy atom. The zero-order valence-electron chi connectivity index (χ0n) is 20.0. The van der Waals surface area contributed by atoms with E-state index in [2.05, 4.69) is 37.9 Å². The number of H-pyrrole nitrogens is 1. The Labute approximate surface area is 185 Å². The molecule has 4 rings (SSSR count). The number of hydrogen-bond acceptors (Lipinski definition) is 5. The summed E-state index contributed by atoms with van der Waals surface area (Å²) in [4.78, 5) is 14.9. The van der Waals surface area contributed by atoms with Crippen molar-refractivity contribution in [1.82, 2.24) is 15.1 Å². The number of nitrogens with one attached hydrogen (secondary N) is 1. The molecule has 0 aliphatic carbocycles. The van der Waals surface area contributed by atoms with Crippen LogP contribution in [0.25, 0.3) is 0 Å². The summed E-state index contributed by atoms with van der Waals surface area (Å²) >= 11 is 0. The summed E-state index contributed by atoms with van der Waals surface area (Å²) in [6.07, 6.45) is 4.26. The minimum absolute atomic E-state index is 0.000762. The van der Waals surface area contributed by atoms with Crippen LogP contribution in [0.1, 0.15) is 89.8 Å². The van der Waals surface area contributed by atoms with Gasteiger partial charge in [-0.2, -0.15) is 5.10 Å². The van der Waals surface area contributed by atoms with Crippen molar-refractivity contribution in [2.24, 2.45) is 5.41 Å². The zero-order chi connectivity index (χ0) is 22.7. The fourth-order valence-electron chi connectivity index (χ4n) is 5.22. The summed E-state index contributed by atoms with van der Waals surface area (Å²) in [6.45, 7) is 14.2. The fourth-order valence-corrected chi connectivity index (χ4v) is 5.22. The van der Waals surface area contributed by atoms with Crippen LogP contribution < -0.4 is 0 Å². The third-order valence-corrected chi connectivity index (χ3v) is 7.74. The van der Waals surface area contributed by atoms with Gasteiger partial charge in [0.15, 0.2) is 0 Å². The Balaban J connectivity index is 1.40. The van der Waals surface area contributed by atoms with Crippen LogP contribution in [0.2, 0.25) is 0 Å². The molecule has 3 aliphatic rings. The molecule has 7 nitrogen and oxygen atoms in total. The summed E-state index contributed by atoms with van der Waals surface area (Å²) < 4.78 is 12.8. The van der Waals surface area contributed by atoms with Crippen molar-refractivity contribution in [3.8, 4) is 0 Å². The molecule has 3 fully saturated rings. The summed E-state index contributed by atoms with van der Waals surface area (Å²) in [6, 6.07) is 1.88. The lowest BCUT2D eigenvalue weighted by Crippen LogP contribution is -2.61. The number of likely N-dealkylation sites (tertiary alicyclic amines) is 1. The molecule has 3 aliphatic heterocycles. The first kappa shape index (κ1) is 22.7. The van der Waals surface area contributed by atoms with Crippen molar-refractivity contribution in [1.29, 1.82) is 0 Å². The Kier molecular flexibility index (Phi) is 5.55. The van der Waals surface area contributed by atoms with Crippen LogP contribution >= 0.6 is 0 Å². The summed E-state index contributed by atoms with van der Waals surface area (Å²) in [5.41, 5.74) is 0.308. The second-order valence-electron chi connectivity index (χ2n) is 11.8. The minimum atomic E-state index is -0.850. The molecule has 0 aromatic carbocycles. The predicted octanol–water partition coefficient (Wildman–Crippen LogP) is 3.43. The number of aromatic amines is 1. The molecule has 0 radical (unpaired) electrons. The highest BCUT2D eigenvalue weighted by atomic mass is 16.6. The molecule has 174 valence electrons. The van der Waals surface area contributed by atoms with Crippen LogP contribution in [0.5, 0.6) is 0 Å². The molecule has 0 saturated carbocycles. The van der Waals surface area contributed by atoms with Gasteiger partial charge in [0.25, 0.3) is 5.91 Å². The first-order valence-corrected chi connectivity index (χ1v) is 11.7. The van der Waals surface area contributed by atoms with E-state index in [0.717, 1.165) is 44.4 Å². The van der Waals surface area contributed by atoms with E-state index in [1.807, 2.05) is 24.8 Å². The molecular weight excluding hydrogens is 394 g/mol. The van der Waals surface area contributed by atoms with Crippen LogP contribution in [-0.2, 0) is 14.9 Å². The van der Waals surface area contributed by atoms with E-state index in [-0.39, 0.29) is 34.5 Å². The molecule has 31 heavy (non-hydrogen) atoms. The normalized spacial score (nSPS) is 31.5. The van der Waals surface area contributed by atoms with Crippen molar-refractivity contribution in [2.75, 3.05) is 19.7 Å². The number of aromatic nitrogens is 2. The molecule has 3 atom stereocenters. The van der Waals surface area contributed by atoms with Crippen LogP contribution in [-0.4, -0.2) is 69.2 Å². The van der Waals surface area contributed by atoms with Gasteiger partial charge in [-0.15, -0.1) is 0 Å². The maximum absolute atomic E-state index is 13.0. The van der Waals surface area contributed by atoms with Crippen molar-refractivity contribution < 1.29 is 19.4 Å². The average molecular weight is 434 g/mol. The Hall–Kier alpha value is -1.44. The van der Waals surface area contributed by atoms with E-state index in [1.54, 1.807) is 0 Å². The number of carbonyl (C=O) groups excluding carboxylic acids is 1. The number of fused-ring (bicyclic) bond motifs is 1. The van der Waals surface area contributed by atoms with Gasteiger partial charge in [0.2, 0.25) is 0 Å². The van der Waals surface area contributed by atoms with Gasteiger partial charge in [-0.1, -0.05) is 20.8 Å². The monoisotopic (exact) mass is 433 g/mol. The predicted molar refractivity (Wildman–Crippen MR) is 118 cm³/mol. The lowest BCUT2D eigenvalue weighted by molar-refractivity contribution is -0.271. The largest absolute Gasteiger partial charge is 0.388 e. The van der Waals surface area contributed by atoms with Gasteiger partial charge in [-0.3, -0.25) is 9.89 Å². The number of ether oxygens (including phenoxy) is 2. The zero-order valence-corrected chi connectivity index (χ0v) is 20.0. The number of carbonyl (C=O) groups is 1. The molecule has 1 aromatic rings. The van der Waals surface area contributed by atoms with Gasteiger partial charge in [-0.25, -0.2) is 0 Å². The number of nitrogens with zero attached hydrogens (tertiary/aromatic N) is 2. The first-order chi connectivity index (χ1) is 14.3. The second-order valence-corrected chi connectivity index (χ2v) is 11.8. The van der Waals surface area contributed by atoms with Crippen molar-refractivity contribution in [3.05, 3.63) is 17.5 Å². The number of rotatable bonds is 2. The van der Waals surface area contributed by atoms with E-state index in [1.165, 1.54) is 0 Å². The fraction of sp³-hybridized carbons (Fsp3) is 0.833. The number of amides is 1. The molecule has 1 spiro atoms. The average Bonchev–Trinajstić information content (AvgIpc) is 3.18. The van der Waals surface area contributed by atoms with E-state index < -0.39 is 5.60 Å². The van der Waals surface area contributed by atoms with Crippen molar-refractivity contribution in [3.63, 3.8) is 0 Å². The molecule has 3 saturated heterocycles. The standard InChI is InChI=1S/C24H39N3O4/c1-21(2,3)17-13-16(25-26-17)20(28)27-11-9-24(10-12-27)14-19-23(6,30-15-24)8-7-18(31-19)22(4,5)29/h13,18-19,29H,7-12,14-15H2,1-6H3,(H,25,26)/t18-,19-,23+/m0/s1. The van der Waals surface area contributed by atoms with Crippen LogP contribution in [0.3, 0.4) is 0 Å². The van der Waals surface area contributed by atoms with Gasteiger partial charge in [0.05, 0.1) is 30.0 Å². The topological polar surface area (TPSA) is 87.7 Å². The Morgan fingerprint density at radius 2 is 1.90 bits per heavy atom. The lowest BCUT2D eigenvalue weighted by atomic mass is 9.68. The highest BCUT2D eigenvalue weighted by Crippen LogP contribution is 2.49. The van der Waals surface area contributed by atoms with Gasteiger partial charge >= 0.3 is 0 Å². The summed E-state index contributed by atoms with van der Waals surface area (Å²) in [7, 11) is 0. The maximum atomic E-state index is 13.0. The molecule has 0 bridgehead atoms. The quantitative estimate of drug-likeness (QED) is 0.746. The van der Waals surface area contributed by atoms with Crippen molar-refractivity contribution in [2.45, 2.75) is 102 Å². The highest BCUT2D eigenvalue weighted by Gasteiger charge is 2.53. The number of aliphatic hydroxyl groups is 1. The molecule has 7 heteroatoms. The third kappa shape index (κ3) is 4.41. The van der Waals surface area contributed by atoms with Gasteiger partial charge in [0.1, 0.15) is 5.69 Å². The third-order valence-electron chi connectivity index (χ3n) is 7.74. The van der Waals surface area contributed by atoms with Gasteiger partial charge in [0, 0.05) is 24.2 Å². The first-order valence-electron chi connectivity index (χ1n) is 11.7. The highest BCUT2D eigenvalue weighted by molar-refractivity contribution is 5.92. The van der Waals surface area contributed by atoms with Crippen LogP contribution in [0.15, 0.2) is 6.07 Å². The van der Waals surface area contributed by atoms with Crippen molar-refractivity contribution >= 4 is 5.91 Å². The van der Waals surface area contributed by atoms with E-state index >= 15 is 0 Å². The molecular formula is C24H39N3O4. The molecule has 2 N–H and O–H groups in total. The van der Waals surface area contributed by atoms with E-state index in [4.69, 9.17) is 9.47 Å². The molecule has 4 heterocycles. The Morgan fingerprint density at radius 3 is 2.48 bits per heavy atom. The molecule has 1 amide bonds. The molecule has 1 aromatic heterocycles. The van der Waals surface area contributed by atoms with Crippen LogP contribution in [0, 0.1) is 5.41 Å². The van der Waals surface area contributed by atoms with Crippen LogP contribution in [0.4, 0.5) is 0 Å². The summed E-state index contributed by atoms with van der Waals surface area (Å²) in [5, 5.41) is 17.7. The van der Waals surface area contributed by atoms with E-state index in [0.29, 0.717) is 18.8 Å². The number of piperidine rings is 1. The van der Waals surface area contributed by atoms with Gasteiger partial charge in [-0.05, 0) is 64.4 Å². The smallest absolute Gasteiger partial charge is 0.274 e. The van der Waals surface area contributed by atoms with Gasteiger partial charge < -0.3 is 19.5 Å². The lowest BCUT2D eigenvalue weighted by Gasteiger charge is -2.56. The van der Waals surface area contributed by atoms with E-state index in [9.17, 15) is 9.90 Å².